The third-order valence-corrected chi connectivity index (χ3v) is 3.26. The normalized spacial score (nSPS) is 10.1. The highest BCUT2D eigenvalue weighted by Gasteiger charge is 2.12. The van der Waals surface area contributed by atoms with Gasteiger partial charge in [-0.3, -0.25) is 10.1 Å². The molecule has 3 nitrogen and oxygen atoms in total. The molecular formula is C14H10BrNO2. The third-order valence-electron chi connectivity index (χ3n) is 2.62. The highest BCUT2D eigenvalue weighted by Crippen LogP contribution is 2.30. The Morgan fingerprint density at radius 1 is 1.11 bits per heavy atom. The van der Waals surface area contributed by atoms with Crippen molar-refractivity contribution in [1.29, 1.82) is 0 Å². The van der Waals surface area contributed by atoms with E-state index in [1.165, 1.54) is 6.07 Å². The van der Waals surface area contributed by atoms with E-state index >= 15 is 0 Å². The predicted octanol–water partition coefficient (Wildman–Crippen LogP) is 4.67. The van der Waals surface area contributed by atoms with Crippen LogP contribution >= 0.6 is 15.9 Å². The fraction of sp³-hybridized carbons (Fsp3) is 0. The molecule has 0 amide bonds. The third kappa shape index (κ3) is 2.49. The standard InChI is InChI=1S/C14H10BrNO2/c1-2-10-3-5-11(6-4-10)12-7-8-14(16(17)18)13(15)9-12/h2-9H,1H2. The molecule has 0 aliphatic rings. The van der Waals surface area contributed by atoms with Crippen LogP contribution in [0.3, 0.4) is 0 Å². The second-order valence-electron chi connectivity index (χ2n) is 3.75. The average Bonchev–Trinajstić information content (AvgIpc) is 2.38. The Hall–Kier alpha value is -1.94. The number of hydrogen-bond acceptors (Lipinski definition) is 2. The van der Waals surface area contributed by atoms with Crippen molar-refractivity contribution in [3.8, 4) is 11.1 Å². The molecule has 0 atom stereocenters. The molecular weight excluding hydrogens is 294 g/mol. The van der Waals surface area contributed by atoms with Crippen molar-refractivity contribution in [3.63, 3.8) is 0 Å². The zero-order valence-corrected chi connectivity index (χ0v) is 11.1. The minimum absolute atomic E-state index is 0.0708. The lowest BCUT2D eigenvalue weighted by Gasteiger charge is -2.03. The highest BCUT2D eigenvalue weighted by molar-refractivity contribution is 9.10. The highest BCUT2D eigenvalue weighted by atomic mass is 79.9. The van der Waals surface area contributed by atoms with Gasteiger partial charge in [-0.05, 0) is 44.8 Å². The van der Waals surface area contributed by atoms with E-state index in [0.29, 0.717) is 4.47 Å². The SMILES string of the molecule is C=Cc1ccc(-c2ccc([N+](=O)[O-])c(Br)c2)cc1. The summed E-state index contributed by atoms with van der Waals surface area (Å²) in [4.78, 5) is 10.3. The van der Waals surface area contributed by atoms with Gasteiger partial charge in [0.05, 0.1) is 9.40 Å². The van der Waals surface area contributed by atoms with E-state index in [1.54, 1.807) is 18.2 Å². The molecule has 0 fully saturated rings. The van der Waals surface area contributed by atoms with Crippen molar-refractivity contribution in [3.05, 3.63) is 69.2 Å². The summed E-state index contributed by atoms with van der Waals surface area (Å²) in [7, 11) is 0. The van der Waals surface area contributed by atoms with Crippen LogP contribution in [0.15, 0.2) is 53.5 Å². The Morgan fingerprint density at radius 2 is 1.72 bits per heavy atom. The Kier molecular flexibility index (Phi) is 3.58. The summed E-state index contributed by atoms with van der Waals surface area (Å²) in [6.45, 7) is 3.70. The van der Waals surface area contributed by atoms with E-state index in [4.69, 9.17) is 0 Å². The molecule has 0 spiro atoms. The zero-order valence-electron chi connectivity index (χ0n) is 9.47. The van der Waals surface area contributed by atoms with Gasteiger partial charge in [0.1, 0.15) is 0 Å². The maximum atomic E-state index is 10.7. The lowest BCUT2D eigenvalue weighted by Crippen LogP contribution is -1.89. The Labute approximate surface area is 113 Å². The van der Waals surface area contributed by atoms with Gasteiger partial charge in [0.2, 0.25) is 0 Å². The number of nitro benzene ring substituents is 1. The Morgan fingerprint density at radius 3 is 2.22 bits per heavy atom. The van der Waals surface area contributed by atoms with E-state index in [1.807, 2.05) is 24.3 Å². The molecule has 0 heterocycles. The monoisotopic (exact) mass is 303 g/mol. The summed E-state index contributed by atoms with van der Waals surface area (Å²) in [5.74, 6) is 0. The number of rotatable bonds is 3. The molecule has 2 aromatic carbocycles. The molecule has 18 heavy (non-hydrogen) atoms. The van der Waals surface area contributed by atoms with Gasteiger partial charge in [-0.15, -0.1) is 0 Å². The maximum absolute atomic E-state index is 10.7. The molecule has 0 radical (unpaired) electrons. The quantitative estimate of drug-likeness (QED) is 0.611. The first kappa shape index (κ1) is 12.5. The van der Waals surface area contributed by atoms with Crippen molar-refractivity contribution in [1.82, 2.24) is 0 Å². The van der Waals surface area contributed by atoms with Gasteiger partial charge < -0.3 is 0 Å². The Bertz CT molecular complexity index is 606. The summed E-state index contributed by atoms with van der Waals surface area (Å²) < 4.78 is 0.484. The van der Waals surface area contributed by atoms with Gasteiger partial charge in [0.15, 0.2) is 0 Å². The fourth-order valence-electron chi connectivity index (χ4n) is 1.65. The summed E-state index contributed by atoms with van der Waals surface area (Å²) in [5.41, 5.74) is 3.06. The summed E-state index contributed by atoms with van der Waals surface area (Å²) in [6.07, 6.45) is 1.77. The summed E-state index contributed by atoms with van der Waals surface area (Å²) in [6, 6.07) is 12.8. The second-order valence-corrected chi connectivity index (χ2v) is 4.60. The number of nitro groups is 1. The van der Waals surface area contributed by atoms with E-state index < -0.39 is 4.92 Å². The lowest BCUT2D eigenvalue weighted by atomic mass is 10.0. The number of halogens is 1. The molecule has 2 aromatic rings. The van der Waals surface area contributed by atoms with E-state index in [9.17, 15) is 10.1 Å². The van der Waals surface area contributed by atoms with Gasteiger partial charge in [0, 0.05) is 6.07 Å². The van der Waals surface area contributed by atoms with Crippen LogP contribution < -0.4 is 0 Å². The summed E-state index contributed by atoms with van der Waals surface area (Å²) in [5, 5.41) is 10.7. The van der Waals surface area contributed by atoms with Crippen molar-refractivity contribution >= 4 is 27.7 Å². The molecule has 0 bridgehead atoms. The van der Waals surface area contributed by atoms with Gasteiger partial charge >= 0.3 is 0 Å². The molecule has 4 heteroatoms. The predicted molar refractivity (Wildman–Crippen MR) is 76.3 cm³/mol. The topological polar surface area (TPSA) is 43.1 Å². The minimum atomic E-state index is -0.408. The van der Waals surface area contributed by atoms with Crippen LogP contribution in [-0.4, -0.2) is 4.92 Å². The summed E-state index contributed by atoms with van der Waals surface area (Å²) >= 11 is 3.22. The second kappa shape index (κ2) is 5.14. The smallest absolute Gasteiger partial charge is 0.258 e. The molecule has 0 aromatic heterocycles. The van der Waals surface area contributed by atoms with Crippen LogP contribution in [0.4, 0.5) is 5.69 Å². The van der Waals surface area contributed by atoms with Crippen LogP contribution in [0.1, 0.15) is 5.56 Å². The molecule has 0 N–H and O–H groups in total. The van der Waals surface area contributed by atoms with Crippen molar-refractivity contribution < 1.29 is 4.92 Å². The van der Waals surface area contributed by atoms with Crippen molar-refractivity contribution in [2.45, 2.75) is 0 Å². The van der Waals surface area contributed by atoms with Crippen LogP contribution in [0.25, 0.3) is 17.2 Å². The largest absolute Gasteiger partial charge is 0.283 e. The fourth-order valence-corrected chi connectivity index (χ4v) is 2.17. The van der Waals surface area contributed by atoms with Crippen LogP contribution in [0, 0.1) is 10.1 Å². The van der Waals surface area contributed by atoms with Crippen LogP contribution in [-0.2, 0) is 0 Å². The number of benzene rings is 2. The first-order chi connectivity index (χ1) is 8.61. The molecule has 2 rings (SSSR count). The van der Waals surface area contributed by atoms with Gasteiger partial charge in [-0.2, -0.15) is 0 Å². The van der Waals surface area contributed by atoms with E-state index in [2.05, 4.69) is 22.5 Å². The van der Waals surface area contributed by atoms with Crippen molar-refractivity contribution in [2.24, 2.45) is 0 Å². The van der Waals surface area contributed by atoms with E-state index in [0.717, 1.165) is 16.7 Å². The maximum Gasteiger partial charge on any atom is 0.283 e. The zero-order chi connectivity index (χ0) is 13.1. The van der Waals surface area contributed by atoms with Gasteiger partial charge in [-0.25, -0.2) is 0 Å². The lowest BCUT2D eigenvalue weighted by molar-refractivity contribution is -0.385. The molecule has 0 aliphatic carbocycles. The van der Waals surface area contributed by atoms with Gasteiger partial charge in [0.25, 0.3) is 5.69 Å². The molecule has 0 aliphatic heterocycles. The number of hydrogen-bond donors (Lipinski definition) is 0. The average molecular weight is 304 g/mol. The van der Waals surface area contributed by atoms with Gasteiger partial charge in [-0.1, -0.05) is 36.9 Å². The first-order valence-electron chi connectivity index (χ1n) is 5.28. The minimum Gasteiger partial charge on any atom is -0.258 e. The molecule has 90 valence electrons. The number of nitrogens with zero attached hydrogens (tertiary/aromatic N) is 1. The van der Waals surface area contributed by atoms with Crippen LogP contribution in [0.2, 0.25) is 0 Å². The van der Waals surface area contributed by atoms with Crippen LogP contribution in [0.5, 0.6) is 0 Å². The molecule has 0 saturated carbocycles. The Balaban J connectivity index is 2.41. The molecule has 0 saturated heterocycles. The molecule has 0 unspecified atom stereocenters. The van der Waals surface area contributed by atoms with Crippen molar-refractivity contribution in [2.75, 3.05) is 0 Å². The van der Waals surface area contributed by atoms with E-state index in [-0.39, 0.29) is 5.69 Å². The first-order valence-corrected chi connectivity index (χ1v) is 6.08.